The molecular weight excluding hydrogens is 318 g/mol. The maximum absolute atomic E-state index is 12.1. The van der Waals surface area contributed by atoms with Gasteiger partial charge >= 0.3 is 0 Å². The number of carbonyl (C=O) groups is 1. The van der Waals surface area contributed by atoms with Crippen LogP contribution in [-0.4, -0.2) is 18.3 Å². The highest BCUT2D eigenvalue weighted by molar-refractivity contribution is 7.99. The van der Waals surface area contributed by atoms with Gasteiger partial charge in [-0.05, 0) is 49.6 Å². The first-order valence-corrected chi connectivity index (χ1v) is 9.40. The first-order valence-electron chi connectivity index (χ1n) is 8.24. The van der Waals surface area contributed by atoms with Gasteiger partial charge in [-0.2, -0.15) is 0 Å². The number of hydrogen-bond donors (Lipinski definition) is 1. The lowest BCUT2D eigenvalue weighted by Crippen LogP contribution is -2.28. The summed E-state index contributed by atoms with van der Waals surface area (Å²) in [7, 11) is 0. The first kappa shape index (κ1) is 18.4. The molecule has 0 spiro atoms. The van der Waals surface area contributed by atoms with Crippen molar-refractivity contribution in [3.05, 3.63) is 65.2 Å². The molecule has 1 N–H and O–H groups in total. The first-order chi connectivity index (χ1) is 11.6. The third kappa shape index (κ3) is 5.60. The summed E-state index contributed by atoms with van der Waals surface area (Å²) >= 11 is 1.64. The lowest BCUT2D eigenvalue weighted by molar-refractivity contribution is -0.119. The number of thioether (sulfide) groups is 1. The number of ether oxygens (including phenoxy) is 1. The molecule has 0 fully saturated rings. The number of benzene rings is 2. The van der Waals surface area contributed by atoms with E-state index in [1.54, 1.807) is 11.8 Å². The van der Waals surface area contributed by atoms with E-state index in [4.69, 9.17) is 4.74 Å². The lowest BCUT2D eigenvalue weighted by Gasteiger charge is -2.15. The van der Waals surface area contributed by atoms with Crippen molar-refractivity contribution in [2.24, 2.45) is 0 Å². The highest BCUT2D eigenvalue weighted by Gasteiger charge is 2.10. The van der Waals surface area contributed by atoms with E-state index in [1.807, 2.05) is 50.2 Å². The molecule has 4 heteroatoms. The summed E-state index contributed by atoms with van der Waals surface area (Å²) in [6.07, 6.45) is 0. The van der Waals surface area contributed by atoms with Crippen molar-refractivity contribution < 1.29 is 9.53 Å². The molecule has 3 nitrogen and oxygen atoms in total. The van der Waals surface area contributed by atoms with Crippen molar-refractivity contribution in [2.45, 2.75) is 32.6 Å². The largest absolute Gasteiger partial charge is 0.494 e. The van der Waals surface area contributed by atoms with Gasteiger partial charge in [0.2, 0.25) is 5.91 Å². The maximum atomic E-state index is 12.1. The third-order valence-corrected chi connectivity index (χ3v) is 4.80. The van der Waals surface area contributed by atoms with Gasteiger partial charge in [-0.15, -0.1) is 11.8 Å². The van der Waals surface area contributed by atoms with E-state index in [-0.39, 0.29) is 11.9 Å². The molecule has 0 aliphatic heterocycles. The smallest absolute Gasteiger partial charge is 0.230 e. The monoisotopic (exact) mass is 343 g/mol. The third-order valence-electron chi connectivity index (χ3n) is 3.82. The zero-order valence-corrected chi connectivity index (χ0v) is 15.4. The standard InChI is InChI=1S/C20H25NO2S/c1-4-23-19-11-9-17(10-12-19)16(3)21-20(22)14-24-13-18-8-6-5-7-15(18)2/h5-12,16H,4,13-14H2,1-3H3,(H,21,22). The van der Waals surface area contributed by atoms with E-state index in [1.165, 1.54) is 11.1 Å². The van der Waals surface area contributed by atoms with Crippen LogP contribution in [0.15, 0.2) is 48.5 Å². The molecule has 2 aromatic rings. The van der Waals surface area contributed by atoms with Crippen LogP contribution in [0.3, 0.4) is 0 Å². The topological polar surface area (TPSA) is 38.3 Å². The average molecular weight is 343 g/mol. The van der Waals surface area contributed by atoms with E-state index in [0.29, 0.717) is 12.4 Å². The number of carbonyl (C=O) groups excluding carboxylic acids is 1. The fourth-order valence-corrected chi connectivity index (χ4v) is 3.33. The van der Waals surface area contributed by atoms with Crippen LogP contribution in [0, 0.1) is 6.92 Å². The number of aryl methyl sites for hydroxylation is 1. The van der Waals surface area contributed by atoms with Crippen LogP contribution in [0.4, 0.5) is 0 Å². The second kappa shape index (κ2) is 9.38. The second-order valence-corrected chi connectivity index (χ2v) is 6.70. The molecule has 24 heavy (non-hydrogen) atoms. The summed E-state index contributed by atoms with van der Waals surface area (Å²) in [5.74, 6) is 2.25. The van der Waals surface area contributed by atoms with Gasteiger partial charge in [0.15, 0.2) is 0 Å². The van der Waals surface area contributed by atoms with Crippen LogP contribution < -0.4 is 10.1 Å². The average Bonchev–Trinajstić information content (AvgIpc) is 2.57. The fraction of sp³-hybridized carbons (Fsp3) is 0.350. The molecule has 1 atom stereocenters. The van der Waals surface area contributed by atoms with E-state index < -0.39 is 0 Å². The zero-order valence-electron chi connectivity index (χ0n) is 14.5. The second-order valence-electron chi connectivity index (χ2n) is 5.71. The molecule has 0 aliphatic carbocycles. The minimum absolute atomic E-state index is 0.00719. The number of hydrogen-bond acceptors (Lipinski definition) is 3. The van der Waals surface area contributed by atoms with Gasteiger partial charge < -0.3 is 10.1 Å². The number of nitrogens with one attached hydrogen (secondary N) is 1. The van der Waals surface area contributed by atoms with Crippen molar-refractivity contribution >= 4 is 17.7 Å². The Bertz CT molecular complexity index is 655. The Labute approximate surface area is 148 Å². The van der Waals surface area contributed by atoms with Crippen molar-refractivity contribution in [1.82, 2.24) is 5.32 Å². The Morgan fingerprint density at radius 1 is 1.17 bits per heavy atom. The summed E-state index contributed by atoms with van der Waals surface area (Å²) in [5.41, 5.74) is 3.64. The SMILES string of the molecule is CCOc1ccc(C(C)NC(=O)CSCc2ccccc2C)cc1. The van der Waals surface area contributed by atoms with E-state index in [9.17, 15) is 4.79 Å². The minimum atomic E-state index is -0.00719. The molecular formula is C20H25NO2S. The Hall–Kier alpha value is -1.94. The Kier molecular flexibility index (Phi) is 7.19. The highest BCUT2D eigenvalue weighted by atomic mass is 32.2. The van der Waals surface area contributed by atoms with Crippen LogP contribution in [0.1, 0.15) is 36.6 Å². The Morgan fingerprint density at radius 3 is 2.54 bits per heavy atom. The van der Waals surface area contributed by atoms with Crippen molar-refractivity contribution in [3.63, 3.8) is 0 Å². The fourth-order valence-electron chi connectivity index (χ4n) is 2.41. The Morgan fingerprint density at radius 2 is 1.88 bits per heavy atom. The Balaban J connectivity index is 1.78. The molecule has 0 saturated carbocycles. The summed E-state index contributed by atoms with van der Waals surface area (Å²) < 4.78 is 5.44. The molecule has 0 aliphatic rings. The summed E-state index contributed by atoms with van der Waals surface area (Å²) in [4.78, 5) is 12.1. The molecule has 128 valence electrons. The van der Waals surface area contributed by atoms with Crippen molar-refractivity contribution in [2.75, 3.05) is 12.4 Å². The summed E-state index contributed by atoms with van der Waals surface area (Å²) in [6, 6.07) is 16.2. The number of amides is 1. The molecule has 0 bridgehead atoms. The quantitative estimate of drug-likeness (QED) is 0.767. The number of rotatable bonds is 8. The van der Waals surface area contributed by atoms with Gasteiger partial charge in [0.1, 0.15) is 5.75 Å². The molecule has 0 heterocycles. The van der Waals surface area contributed by atoms with Gasteiger partial charge in [0, 0.05) is 5.75 Å². The van der Waals surface area contributed by atoms with Crippen LogP contribution in [-0.2, 0) is 10.5 Å². The maximum Gasteiger partial charge on any atom is 0.230 e. The van der Waals surface area contributed by atoms with Gasteiger partial charge in [-0.25, -0.2) is 0 Å². The van der Waals surface area contributed by atoms with E-state index >= 15 is 0 Å². The molecule has 2 rings (SSSR count). The van der Waals surface area contributed by atoms with Crippen LogP contribution in [0.25, 0.3) is 0 Å². The molecule has 0 radical (unpaired) electrons. The van der Waals surface area contributed by atoms with Crippen molar-refractivity contribution in [3.8, 4) is 5.75 Å². The van der Waals surface area contributed by atoms with Crippen LogP contribution >= 0.6 is 11.8 Å². The van der Waals surface area contributed by atoms with Gasteiger partial charge in [-0.1, -0.05) is 36.4 Å². The summed E-state index contributed by atoms with van der Waals surface area (Å²) in [6.45, 7) is 6.72. The predicted octanol–water partition coefficient (Wildman–Crippen LogP) is 4.50. The molecule has 2 aromatic carbocycles. The summed E-state index contributed by atoms with van der Waals surface area (Å²) in [5, 5.41) is 3.05. The molecule has 1 amide bonds. The zero-order chi connectivity index (χ0) is 17.4. The van der Waals surface area contributed by atoms with E-state index in [0.717, 1.165) is 17.1 Å². The minimum Gasteiger partial charge on any atom is -0.494 e. The van der Waals surface area contributed by atoms with Crippen LogP contribution in [0.2, 0.25) is 0 Å². The lowest BCUT2D eigenvalue weighted by atomic mass is 10.1. The molecule has 1 unspecified atom stereocenters. The van der Waals surface area contributed by atoms with Crippen LogP contribution in [0.5, 0.6) is 5.75 Å². The molecule has 0 aromatic heterocycles. The van der Waals surface area contributed by atoms with Gasteiger partial charge in [-0.3, -0.25) is 4.79 Å². The van der Waals surface area contributed by atoms with Crippen molar-refractivity contribution in [1.29, 1.82) is 0 Å². The normalized spacial score (nSPS) is 11.8. The van der Waals surface area contributed by atoms with Gasteiger partial charge in [0.25, 0.3) is 0 Å². The molecule has 0 saturated heterocycles. The van der Waals surface area contributed by atoms with E-state index in [2.05, 4.69) is 24.4 Å². The predicted molar refractivity (Wildman–Crippen MR) is 102 cm³/mol. The highest BCUT2D eigenvalue weighted by Crippen LogP contribution is 2.19. The van der Waals surface area contributed by atoms with Gasteiger partial charge in [0.05, 0.1) is 18.4 Å².